The number of hydrogen-bond donors (Lipinski definition) is 3. The van der Waals surface area contributed by atoms with Gasteiger partial charge in [0.1, 0.15) is 0 Å². The van der Waals surface area contributed by atoms with Gasteiger partial charge in [-0.2, -0.15) is 0 Å². The number of halogens is 1. The van der Waals surface area contributed by atoms with E-state index in [0.717, 1.165) is 37.2 Å². The number of anilines is 2. The maximum atomic E-state index is 12.5. The zero-order valence-electron chi connectivity index (χ0n) is 11.9. The van der Waals surface area contributed by atoms with Gasteiger partial charge in [-0.3, -0.25) is 9.59 Å². The number of benzene rings is 1. The average Bonchev–Trinajstić information content (AvgIpc) is 2.79. The van der Waals surface area contributed by atoms with Crippen LogP contribution in [-0.2, 0) is 16.0 Å². The summed E-state index contributed by atoms with van der Waals surface area (Å²) < 4.78 is 0. The fourth-order valence-corrected chi connectivity index (χ4v) is 3.03. The molecule has 112 valence electrons. The van der Waals surface area contributed by atoms with Crippen LogP contribution in [0.3, 0.4) is 0 Å². The van der Waals surface area contributed by atoms with E-state index in [9.17, 15) is 9.59 Å². The number of carbonyl (C=O) groups excluding carboxylic acids is 2. The molecular weight excluding hydrogens is 290 g/mol. The maximum Gasteiger partial charge on any atom is 0.230 e. The Bertz CT molecular complexity index is 609. The number of amides is 2. The van der Waals surface area contributed by atoms with Crippen molar-refractivity contribution < 1.29 is 9.59 Å². The van der Waals surface area contributed by atoms with Gasteiger partial charge in [0.15, 0.2) is 0 Å². The molecular formula is C15H18ClN3O2. The molecule has 1 aromatic rings. The van der Waals surface area contributed by atoms with Gasteiger partial charge in [-0.05, 0) is 43.6 Å². The van der Waals surface area contributed by atoms with Crippen molar-refractivity contribution >= 4 is 34.8 Å². The van der Waals surface area contributed by atoms with Crippen LogP contribution in [0.5, 0.6) is 0 Å². The summed E-state index contributed by atoms with van der Waals surface area (Å²) in [6, 6.07) is 3.49. The van der Waals surface area contributed by atoms with Crippen LogP contribution in [0.1, 0.15) is 25.3 Å². The van der Waals surface area contributed by atoms with E-state index in [2.05, 4.69) is 16.0 Å². The highest BCUT2D eigenvalue weighted by molar-refractivity contribution is 6.34. The second-order valence-corrected chi connectivity index (χ2v) is 6.39. The van der Waals surface area contributed by atoms with E-state index in [1.165, 1.54) is 0 Å². The first-order chi connectivity index (χ1) is 9.98. The third-order valence-electron chi connectivity index (χ3n) is 4.32. The van der Waals surface area contributed by atoms with Crippen molar-refractivity contribution in [2.24, 2.45) is 5.41 Å². The first-order valence-electron chi connectivity index (χ1n) is 7.12. The standard InChI is InChI=1S/C15H18ClN3O2/c1-15(2-4-17-5-3-15)14(21)19-12-6-9-7-13(20)18-11(9)8-10(12)16/h6,8,17H,2-5,7H2,1H3,(H,18,20)(H,19,21). The molecule has 2 amide bonds. The highest BCUT2D eigenvalue weighted by Crippen LogP contribution is 2.35. The molecule has 6 heteroatoms. The molecule has 0 saturated carbocycles. The molecule has 21 heavy (non-hydrogen) atoms. The number of piperidine rings is 1. The molecule has 2 heterocycles. The number of carbonyl (C=O) groups is 2. The average molecular weight is 308 g/mol. The second-order valence-electron chi connectivity index (χ2n) is 5.98. The second kappa shape index (κ2) is 5.31. The zero-order valence-corrected chi connectivity index (χ0v) is 12.6. The molecule has 0 spiro atoms. The Morgan fingerprint density at radius 2 is 2.05 bits per heavy atom. The number of hydrogen-bond acceptors (Lipinski definition) is 3. The normalized spacial score (nSPS) is 19.8. The maximum absolute atomic E-state index is 12.5. The number of fused-ring (bicyclic) bond motifs is 1. The van der Waals surface area contributed by atoms with E-state index < -0.39 is 0 Å². The van der Waals surface area contributed by atoms with Gasteiger partial charge in [0.25, 0.3) is 0 Å². The minimum atomic E-state index is -0.373. The highest BCUT2D eigenvalue weighted by Gasteiger charge is 2.35. The van der Waals surface area contributed by atoms with Crippen LogP contribution >= 0.6 is 11.6 Å². The van der Waals surface area contributed by atoms with E-state index in [1.807, 2.05) is 6.92 Å². The number of rotatable bonds is 2. The fraction of sp³-hybridized carbons (Fsp3) is 0.467. The van der Waals surface area contributed by atoms with Gasteiger partial charge in [0.2, 0.25) is 11.8 Å². The van der Waals surface area contributed by atoms with Crippen LogP contribution in [0.2, 0.25) is 5.02 Å². The van der Waals surface area contributed by atoms with Gasteiger partial charge >= 0.3 is 0 Å². The molecule has 2 aliphatic rings. The summed E-state index contributed by atoms with van der Waals surface area (Å²) in [5.41, 5.74) is 1.81. The predicted octanol–water partition coefficient (Wildman–Crippen LogP) is 2.16. The van der Waals surface area contributed by atoms with Gasteiger partial charge < -0.3 is 16.0 Å². The number of nitrogens with one attached hydrogen (secondary N) is 3. The summed E-state index contributed by atoms with van der Waals surface area (Å²) in [6.07, 6.45) is 1.94. The van der Waals surface area contributed by atoms with Crippen LogP contribution in [-0.4, -0.2) is 24.9 Å². The van der Waals surface area contributed by atoms with Gasteiger partial charge in [-0.15, -0.1) is 0 Å². The monoisotopic (exact) mass is 307 g/mol. The molecule has 0 aromatic heterocycles. The predicted molar refractivity (Wildman–Crippen MR) is 82.6 cm³/mol. The molecule has 5 nitrogen and oxygen atoms in total. The molecule has 0 aliphatic carbocycles. The van der Waals surface area contributed by atoms with Crippen molar-refractivity contribution in [1.29, 1.82) is 0 Å². The van der Waals surface area contributed by atoms with Gasteiger partial charge in [-0.1, -0.05) is 18.5 Å². The van der Waals surface area contributed by atoms with Crippen molar-refractivity contribution in [3.63, 3.8) is 0 Å². The third-order valence-corrected chi connectivity index (χ3v) is 4.63. The smallest absolute Gasteiger partial charge is 0.230 e. The lowest BCUT2D eigenvalue weighted by Crippen LogP contribution is -2.42. The Kier molecular flexibility index (Phi) is 3.63. The first-order valence-corrected chi connectivity index (χ1v) is 7.50. The molecule has 1 fully saturated rings. The van der Waals surface area contributed by atoms with E-state index in [-0.39, 0.29) is 17.2 Å². The van der Waals surface area contributed by atoms with Crippen molar-refractivity contribution in [3.8, 4) is 0 Å². The summed E-state index contributed by atoms with van der Waals surface area (Å²) >= 11 is 6.21. The summed E-state index contributed by atoms with van der Waals surface area (Å²) in [5, 5.41) is 9.38. The Morgan fingerprint density at radius 1 is 1.33 bits per heavy atom. The summed E-state index contributed by atoms with van der Waals surface area (Å²) in [5.74, 6) is -0.0574. The lowest BCUT2D eigenvalue weighted by Gasteiger charge is -2.32. The van der Waals surface area contributed by atoms with Crippen molar-refractivity contribution in [2.75, 3.05) is 23.7 Å². The molecule has 0 atom stereocenters. The summed E-state index contributed by atoms with van der Waals surface area (Å²) in [7, 11) is 0. The fourth-order valence-electron chi connectivity index (χ4n) is 2.82. The largest absolute Gasteiger partial charge is 0.325 e. The van der Waals surface area contributed by atoms with E-state index in [0.29, 0.717) is 17.1 Å². The molecule has 0 bridgehead atoms. The Balaban J connectivity index is 1.80. The molecule has 3 rings (SSSR count). The van der Waals surface area contributed by atoms with E-state index in [1.54, 1.807) is 12.1 Å². The van der Waals surface area contributed by atoms with E-state index >= 15 is 0 Å². The SMILES string of the molecule is CC1(C(=O)Nc2cc3c(cc2Cl)NC(=O)C3)CCNCC1. The molecule has 2 aliphatic heterocycles. The highest BCUT2D eigenvalue weighted by atomic mass is 35.5. The zero-order chi connectivity index (χ0) is 15.0. The van der Waals surface area contributed by atoms with Crippen LogP contribution in [0, 0.1) is 5.41 Å². The summed E-state index contributed by atoms with van der Waals surface area (Å²) in [6.45, 7) is 3.68. The Morgan fingerprint density at radius 3 is 2.76 bits per heavy atom. The summed E-state index contributed by atoms with van der Waals surface area (Å²) in [4.78, 5) is 23.9. The lowest BCUT2D eigenvalue weighted by molar-refractivity contribution is -0.126. The topological polar surface area (TPSA) is 70.2 Å². The van der Waals surface area contributed by atoms with Crippen molar-refractivity contribution in [1.82, 2.24) is 5.32 Å². The van der Waals surface area contributed by atoms with Crippen LogP contribution < -0.4 is 16.0 Å². The quantitative estimate of drug-likeness (QED) is 0.784. The van der Waals surface area contributed by atoms with Crippen molar-refractivity contribution in [3.05, 3.63) is 22.7 Å². The third kappa shape index (κ3) is 2.76. The van der Waals surface area contributed by atoms with Gasteiger partial charge in [0.05, 0.1) is 17.1 Å². The van der Waals surface area contributed by atoms with Gasteiger partial charge in [-0.25, -0.2) is 0 Å². The molecule has 3 N–H and O–H groups in total. The minimum Gasteiger partial charge on any atom is -0.325 e. The van der Waals surface area contributed by atoms with Crippen LogP contribution in [0.15, 0.2) is 12.1 Å². The van der Waals surface area contributed by atoms with Crippen LogP contribution in [0.4, 0.5) is 11.4 Å². The minimum absolute atomic E-state index is 0.0110. The lowest BCUT2D eigenvalue weighted by atomic mass is 9.80. The van der Waals surface area contributed by atoms with E-state index in [4.69, 9.17) is 11.6 Å². The Labute approximate surface area is 128 Å². The first kappa shape index (κ1) is 14.4. The van der Waals surface area contributed by atoms with Crippen molar-refractivity contribution in [2.45, 2.75) is 26.2 Å². The molecule has 0 unspecified atom stereocenters. The van der Waals surface area contributed by atoms with Crippen LogP contribution in [0.25, 0.3) is 0 Å². The molecule has 1 aromatic carbocycles. The van der Waals surface area contributed by atoms with Gasteiger partial charge in [0, 0.05) is 11.1 Å². The molecule has 0 radical (unpaired) electrons. The molecule has 1 saturated heterocycles. The Hall–Kier alpha value is -1.59.